The van der Waals surface area contributed by atoms with E-state index < -0.39 is 31.3 Å². The van der Waals surface area contributed by atoms with Crippen LogP contribution in [0.4, 0.5) is 26.3 Å². The van der Waals surface area contributed by atoms with Crippen LogP contribution in [0.25, 0.3) is 45.6 Å². The maximum Gasteiger partial charge on any atom is 1.00 e. The molecule has 0 aliphatic rings. The Morgan fingerprint density at radius 1 is 0.324 bits per heavy atom. The topological polar surface area (TPSA) is 269 Å². The molecule has 8 aromatic rings. The van der Waals surface area contributed by atoms with Gasteiger partial charge in [0, 0.05) is 94.3 Å². The molecule has 0 aliphatic carbocycles. The Hall–Kier alpha value is -4.72. The Morgan fingerprint density at radius 2 is 0.500 bits per heavy atom. The zero-order chi connectivity index (χ0) is 46.9. The Labute approximate surface area is 446 Å². The van der Waals surface area contributed by atoms with Crippen molar-refractivity contribution in [2.24, 2.45) is 0 Å². The summed E-state index contributed by atoms with van der Waals surface area (Å²) in [7, 11) is -12.2. The second-order valence-electron chi connectivity index (χ2n) is 11.0. The van der Waals surface area contributed by atoms with Gasteiger partial charge in [0.25, 0.3) is 0 Å². The van der Waals surface area contributed by atoms with Crippen LogP contribution >= 0.6 is 0 Å². The molecule has 0 saturated heterocycles. The van der Waals surface area contributed by atoms with E-state index in [0.717, 1.165) is 45.6 Å². The second-order valence-corrected chi connectivity index (χ2v) is 13.8. The number of pyridine rings is 4. The molecule has 0 bridgehead atoms. The van der Waals surface area contributed by atoms with E-state index in [1.54, 1.807) is 49.6 Å². The third kappa shape index (κ3) is 25.6. The zero-order valence-electron chi connectivity index (χ0n) is 33.3. The molecule has 8 aromatic heterocycles. The third-order valence-electron chi connectivity index (χ3n) is 6.60. The molecular weight excluding hydrogens is 1330 g/mol. The van der Waals surface area contributed by atoms with Crippen LogP contribution in [-0.4, -0.2) is 96.8 Å². The van der Waals surface area contributed by atoms with Crippen molar-refractivity contribution in [2.75, 3.05) is 0 Å². The van der Waals surface area contributed by atoms with Crippen molar-refractivity contribution >= 4 is 20.2 Å². The minimum atomic E-state index is -6.09. The van der Waals surface area contributed by atoms with E-state index in [-0.39, 0.29) is 89.5 Å². The fourth-order valence-corrected chi connectivity index (χ4v) is 3.83. The van der Waals surface area contributed by atoms with Crippen molar-refractivity contribution < 1.29 is 142 Å². The first kappa shape index (κ1) is 65.4. The molecule has 0 spiro atoms. The van der Waals surface area contributed by atoms with Gasteiger partial charge in [-0.3, -0.25) is 19.9 Å². The van der Waals surface area contributed by atoms with Crippen molar-refractivity contribution in [1.82, 2.24) is 59.8 Å². The normalized spacial score (nSPS) is 10.1. The van der Waals surface area contributed by atoms with E-state index in [9.17, 15) is 26.3 Å². The smallest absolute Gasteiger partial charge is 0.741 e. The fraction of sp³-hybridized carbons (Fsp3) is 0.0526. The summed E-state index contributed by atoms with van der Waals surface area (Å²) in [5.74, 6) is 0. The molecule has 18 nitrogen and oxygen atoms in total. The summed E-state index contributed by atoms with van der Waals surface area (Å²) < 4.78 is 118. The molecular formula is C38H28Ag4F6N12O6S2. The fourth-order valence-electron chi connectivity index (χ4n) is 3.83. The summed E-state index contributed by atoms with van der Waals surface area (Å²) in [6.45, 7) is 0. The maximum absolute atomic E-state index is 10.7. The summed E-state index contributed by atoms with van der Waals surface area (Å²) in [4.78, 5) is 48.3. The molecule has 68 heavy (non-hydrogen) atoms. The van der Waals surface area contributed by atoms with Crippen molar-refractivity contribution in [3.63, 3.8) is 0 Å². The number of halogens is 6. The molecule has 30 heteroatoms. The molecule has 0 atom stereocenters. The van der Waals surface area contributed by atoms with E-state index in [4.69, 9.17) is 25.9 Å². The molecule has 8 rings (SSSR count). The van der Waals surface area contributed by atoms with E-state index in [1.165, 1.54) is 25.3 Å². The van der Waals surface area contributed by atoms with Gasteiger partial charge in [0.2, 0.25) is 0 Å². The van der Waals surface area contributed by atoms with E-state index in [2.05, 4.69) is 59.8 Å². The quantitative estimate of drug-likeness (QED) is 0.0815. The average Bonchev–Trinajstić information content (AvgIpc) is 3.31. The number of hydrogen-bond acceptors (Lipinski definition) is 18. The molecule has 0 fully saturated rings. The minimum Gasteiger partial charge on any atom is -0.741 e. The number of aromatic nitrogens is 12. The Balaban J connectivity index is 0. The summed E-state index contributed by atoms with van der Waals surface area (Å²) in [5.41, 5.74) is -4.38. The number of hydrogen-bond donors (Lipinski definition) is 0. The maximum atomic E-state index is 10.7. The molecule has 0 aliphatic heterocycles. The van der Waals surface area contributed by atoms with Gasteiger partial charge in [-0.25, -0.2) is 56.7 Å². The first-order chi connectivity index (χ1) is 30.4. The van der Waals surface area contributed by atoms with Crippen LogP contribution in [0.2, 0.25) is 0 Å². The van der Waals surface area contributed by atoms with E-state index >= 15 is 0 Å². The van der Waals surface area contributed by atoms with Gasteiger partial charge in [0.15, 0.2) is 20.2 Å². The average molecular weight is 1360 g/mol. The van der Waals surface area contributed by atoms with Crippen LogP contribution in [0.15, 0.2) is 172 Å². The van der Waals surface area contributed by atoms with Crippen LogP contribution in [0.5, 0.6) is 0 Å². The van der Waals surface area contributed by atoms with E-state index in [0.29, 0.717) is 0 Å². The van der Waals surface area contributed by atoms with Crippen molar-refractivity contribution in [1.29, 1.82) is 0 Å². The zero-order valence-corrected chi connectivity index (χ0v) is 40.8. The Morgan fingerprint density at radius 3 is 0.618 bits per heavy atom. The molecule has 2 radical (unpaired) electrons. The first-order valence-corrected chi connectivity index (χ1v) is 19.9. The predicted molar refractivity (Wildman–Crippen MR) is 213 cm³/mol. The summed E-state index contributed by atoms with van der Waals surface area (Å²) in [5, 5.41) is 0. The monoisotopic (exact) mass is 1350 g/mol. The van der Waals surface area contributed by atoms with Gasteiger partial charge in [-0.2, -0.15) is 26.3 Å². The molecule has 0 saturated carbocycles. The molecule has 0 N–H and O–H groups in total. The van der Waals surface area contributed by atoms with Crippen LogP contribution in [-0.2, 0) is 110 Å². The molecule has 0 aromatic carbocycles. The van der Waals surface area contributed by atoms with Gasteiger partial charge in [0.05, 0.1) is 45.6 Å². The summed E-state index contributed by atoms with van der Waals surface area (Å²) in [6, 6.07) is 30.3. The number of alkyl halides is 6. The van der Waals surface area contributed by atoms with Gasteiger partial charge < -0.3 is 9.11 Å². The summed E-state index contributed by atoms with van der Waals surface area (Å²) in [6.07, 6.45) is 19.9. The molecule has 374 valence electrons. The SMILES string of the molecule is O=S(=O)([O-])C(F)(F)F.O=S(=O)([O-])C(F)(F)F.[Ag+].[Ag+].[Ag].[Ag].c1ccc(-c2ccncn2)nc1.c1ccc(-c2ccncn2)nc1.c1ccc(-c2ccncn2)nc1.c1ccc(-c2ccncn2)nc1. The van der Waals surface area contributed by atoms with Crippen LogP contribution in [0.1, 0.15) is 0 Å². The van der Waals surface area contributed by atoms with Gasteiger partial charge in [-0.15, -0.1) is 0 Å². The number of nitrogens with zero attached hydrogens (tertiary/aromatic N) is 12. The second kappa shape index (κ2) is 33.7. The predicted octanol–water partition coefficient (Wildman–Crippen LogP) is 6.25. The van der Waals surface area contributed by atoms with E-state index in [1.807, 2.05) is 97.1 Å². The van der Waals surface area contributed by atoms with Crippen LogP contribution in [0.3, 0.4) is 0 Å². The third-order valence-corrected chi connectivity index (χ3v) is 7.74. The van der Waals surface area contributed by atoms with Gasteiger partial charge >= 0.3 is 55.8 Å². The van der Waals surface area contributed by atoms with Gasteiger partial charge in [0.1, 0.15) is 25.3 Å². The van der Waals surface area contributed by atoms with Crippen molar-refractivity contribution in [2.45, 2.75) is 11.0 Å². The van der Waals surface area contributed by atoms with Gasteiger partial charge in [-0.05, 0) is 72.8 Å². The largest absolute Gasteiger partial charge is 1.00 e. The van der Waals surface area contributed by atoms with Crippen molar-refractivity contribution in [3.8, 4) is 45.6 Å². The first-order valence-electron chi connectivity index (χ1n) is 17.1. The number of rotatable bonds is 4. The van der Waals surface area contributed by atoms with Crippen LogP contribution < -0.4 is 0 Å². The van der Waals surface area contributed by atoms with Crippen molar-refractivity contribution in [3.05, 3.63) is 172 Å². The molecule has 8 heterocycles. The molecule has 0 unspecified atom stereocenters. The minimum absolute atomic E-state index is 0. The van der Waals surface area contributed by atoms with Crippen LogP contribution in [0, 0.1) is 0 Å². The molecule has 0 amide bonds. The summed E-state index contributed by atoms with van der Waals surface area (Å²) >= 11 is 0. The Kier molecular flexibility index (Phi) is 32.4. The standard InChI is InChI=1S/4C9H7N3.2CHF3O3S.4Ag/c4*1-2-5-11-8(3-1)9-4-6-10-7-12-9;2*2-1(3,4)8(5,6)7;;;;/h4*1-7H;2*(H,5,6,7);;;;/q;;;;;;;;2*+1/p-2. The van der Waals surface area contributed by atoms with Gasteiger partial charge in [-0.1, -0.05) is 24.3 Å². The Bertz CT molecular complexity index is 2250.